The number of thiazole rings is 1. The second-order valence-corrected chi connectivity index (χ2v) is 5.17. The smallest absolute Gasteiger partial charge is 0.0818 e. The van der Waals surface area contributed by atoms with Gasteiger partial charge in [-0.15, -0.1) is 22.7 Å². The predicted octanol–water partition coefficient (Wildman–Crippen LogP) is 4.13. The molecular formula is C12H8NS2. The quantitative estimate of drug-likeness (QED) is 0.612. The number of hydrogen-bond acceptors (Lipinski definition) is 3. The van der Waals surface area contributed by atoms with Crippen LogP contribution in [0.4, 0.5) is 0 Å². The van der Waals surface area contributed by atoms with Crippen molar-refractivity contribution in [2.75, 3.05) is 0 Å². The van der Waals surface area contributed by atoms with Crippen LogP contribution in [0.5, 0.6) is 0 Å². The molecule has 0 aliphatic carbocycles. The van der Waals surface area contributed by atoms with Gasteiger partial charge in [0.1, 0.15) is 0 Å². The van der Waals surface area contributed by atoms with Gasteiger partial charge < -0.3 is 0 Å². The highest BCUT2D eigenvalue weighted by Crippen LogP contribution is 2.31. The fourth-order valence-electron chi connectivity index (χ4n) is 1.66. The Morgan fingerprint density at radius 3 is 3.07 bits per heavy atom. The second-order valence-electron chi connectivity index (χ2n) is 3.40. The summed E-state index contributed by atoms with van der Waals surface area (Å²) >= 11 is 3.34. The van der Waals surface area contributed by atoms with Crippen molar-refractivity contribution < 1.29 is 0 Å². The third-order valence-corrected chi connectivity index (χ3v) is 4.04. The Morgan fingerprint density at radius 2 is 2.27 bits per heavy atom. The monoisotopic (exact) mass is 230 g/mol. The number of aromatic nitrogens is 1. The van der Waals surface area contributed by atoms with E-state index in [4.69, 9.17) is 0 Å². The summed E-state index contributed by atoms with van der Waals surface area (Å²) in [5, 5.41) is 3.12. The molecule has 0 aliphatic heterocycles. The van der Waals surface area contributed by atoms with Gasteiger partial charge in [0.15, 0.2) is 0 Å². The zero-order chi connectivity index (χ0) is 10.3. The molecular weight excluding hydrogens is 222 g/mol. The highest BCUT2D eigenvalue weighted by atomic mass is 32.1. The molecule has 0 fully saturated rings. The van der Waals surface area contributed by atoms with Crippen molar-refractivity contribution in [3.8, 4) is 10.4 Å². The summed E-state index contributed by atoms with van der Waals surface area (Å²) in [4.78, 5) is 5.61. The van der Waals surface area contributed by atoms with E-state index in [1.54, 1.807) is 22.7 Å². The van der Waals surface area contributed by atoms with Crippen molar-refractivity contribution >= 4 is 32.9 Å². The van der Waals surface area contributed by atoms with Gasteiger partial charge in [0.2, 0.25) is 0 Å². The van der Waals surface area contributed by atoms with Crippen molar-refractivity contribution in [1.82, 2.24) is 4.98 Å². The third kappa shape index (κ3) is 1.48. The minimum atomic E-state index is 1.09. The van der Waals surface area contributed by atoms with Gasteiger partial charge in [0.25, 0.3) is 0 Å². The van der Waals surface area contributed by atoms with E-state index in [-0.39, 0.29) is 0 Å². The van der Waals surface area contributed by atoms with Gasteiger partial charge in [-0.3, -0.25) is 0 Å². The first-order valence-electron chi connectivity index (χ1n) is 4.65. The molecule has 1 nitrogen and oxygen atoms in total. The van der Waals surface area contributed by atoms with Gasteiger partial charge in [-0.2, -0.15) is 0 Å². The van der Waals surface area contributed by atoms with Gasteiger partial charge in [-0.25, -0.2) is 4.98 Å². The van der Waals surface area contributed by atoms with Gasteiger partial charge >= 0.3 is 0 Å². The lowest BCUT2D eigenvalue weighted by Gasteiger charge is -2.02. The molecule has 0 aliphatic rings. The van der Waals surface area contributed by atoms with Crippen LogP contribution in [-0.2, 0) is 0 Å². The van der Waals surface area contributed by atoms with E-state index in [0.29, 0.717) is 0 Å². The van der Waals surface area contributed by atoms with E-state index in [1.165, 1.54) is 20.7 Å². The average Bonchev–Trinajstić information content (AvgIpc) is 2.85. The van der Waals surface area contributed by atoms with Crippen molar-refractivity contribution in [3.05, 3.63) is 40.7 Å². The van der Waals surface area contributed by atoms with Crippen LogP contribution in [0.2, 0.25) is 0 Å². The first-order valence-corrected chi connectivity index (χ1v) is 6.34. The summed E-state index contributed by atoms with van der Waals surface area (Å²) in [7, 11) is 0. The Morgan fingerprint density at radius 1 is 1.33 bits per heavy atom. The van der Waals surface area contributed by atoms with Crippen molar-refractivity contribution in [2.45, 2.75) is 6.92 Å². The molecule has 15 heavy (non-hydrogen) atoms. The lowest BCUT2D eigenvalue weighted by molar-refractivity contribution is 1.46. The Labute approximate surface area is 96.0 Å². The maximum absolute atomic E-state index is 4.34. The minimum absolute atomic E-state index is 1.09. The van der Waals surface area contributed by atoms with Gasteiger partial charge in [0.05, 0.1) is 15.7 Å². The Bertz CT molecular complexity index is 593. The topological polar surface area (TPSA) is 12.9 Å². The van der Waals surface area contributed by atoms with Crippen LogP contribution in [0.25, 0.3) is 20.7 Å². The largest absolute Gasteiger partial charge is 0.245 e. The number of fused-ring (bicyclic) bond motifs is 1. The van der Waals surface area contributed by atoms with Crippen molar-refractivity contribution in [2.24, 2.45) is 0 Å². The molecule has 1 aromatic carbocycles. The van der Waals surface area contributed by atoms with Crippen LogP contribution in [-0.4, -0.2) is 4.98 Å². The molecule has 2 aromatic heterocycles. The molecule has 0 amide bonds. The molecule has 3 aromatic rings. The molecule has 0 N–H and O–H groups in total. The summed E-state index contributed by atoms with van der Waals surface area (Å²) in [6.07, 6.45) is 0. The lowest BCUT2D eigenvalue weighted by Crippen LogP contribution is -1.80. The SMILES string of the molecule is Cc1cc2scnc2cc1-c1cc[c]s1. The number of aryl methyl sites for hydroxylation is 1. The lowest BCUT2D eigenvalue weighted by atomic mass is 10.1. The van der Waals surface area contributed by atoms with Gasteiger partial charge in [0, 0.05) is 10.3 Å². The van der Waals surface area contributed by atoms with E-state index in [2.05, 4.69) is 35.5 Å². The molecule has 0 saturated heterocycles. The summed E-state index contributed by atoms with van der Waals surface area (Å²) in [5.74, 6) is 0. The molecule has 2 heterocycles. The molecule has 0 bridgehead atoms. The number of thiophene rings is 1. The fraction of sp³-hybridized carbons (Fsp3) is 0.0833. The summed E-state index contributed by atoms with van der Waals surface area (Å²) in [6.45, 7) is 2.15. The second kappa shape index (κ2) is 3.43. The number of benzene rings is 1. The minimum Gasteiger partial charge on any atom is -0.245 e. The molecule has 0 atom stereocenters. The normalized spacial score (nSPS) is 11.0. The highest BCUT2D eigenvalue weighted by molar-refractivity contribution is 7.16. The van der Waals surface area contributed by atoms with E-state index in [0.717, 1.165) is 5.52 Å². The van der Waals surface area contributed by atoms with E-state index < -0.39 is 0 Å². The summed E-state index contributed by atoms with van der Waals surface area (Å²) < 4.78 is 1.26. The van der Waals surface area contributed by atoms with Gasteiger partial charge in [-0.05, 0) is 42.3 Å². The summed E-state index contributed by atoms with van der Waals surface area (Å²) in [5.41, 5.74) is 5.57. The predicted molar refractivity (Wildman–Crippen MR) is 66.5 cm³/mol. The van der Waals surface area contributed by atoms with E-state index >= 15 is 0 Å². The standard InChI is InChI=1S/C12H8NS2/c1-8-5-12-10(13-7-15-12)6-9(8)11-3-2-4-14-11/h2-3,5-7H,1H3. The molecule has 3 heteroatoms. The molecule has 73 valence electrons. The number of hydrogen-bond donors (Lipinski definition) is 0. The van der Waals surface area contributed by atoms with Crippen LogP contribution in [0.3, 0.4) is 0 Å². The summed E-state index contributed by atoms with van der Waals surface area (Å²) in [6, 6.07) is 8.44. The van der Waals surface area contributed by atoms with Gasteiger partial charge in [-0.1, -0.05) is 0 Å². The molecule has 0 spiro atoms. The first-order chi connectivity index (χ1) is 7.34. The van der Waals surface area contributed by atoms with Crippen LogP contribution >= 0.6 is 22.7 Å². The highest BCUT2D eigenvalue weighted by Gasteiger charge is 2.06. The van der Waals surface area contributed by atoms with E-state index in [9.17, 15) is 0 Å². The van der Waals surface area contributed by atoms with Crippen LogP contribution in [0.1, 0.15) is 5.56 Å². The van der Waals surface area contributed by atoms with Crippen molar-refractivity contribution in [1.29, 1.82) is 0 Å². The third-order valence-electron chi connectivity index (χ3n) is 2.41. The molecule has 1 radical (unpaired) electrons. The Hall–Kier alpha value is -1.19. The fourth-order valence-corrected chi connectivity index (χ4v) is 3.14. The maximum atomic E-state index is 4.34. The zero-order valence-corrected chi connectivity index (χ0v) is 9.78. The number of rotatable bonds is 1. The Balaban J connectivity index is 2.30. The van der Waals surface area contributed by atoms with E-state index in [1.807, 2.05) is 11.6 Å². The zero-order valence-electron chi connectivity index (χ0n) is 8.15. The van der Waals surface area contributed by atoms with Crippen LogP contribution < -0.4 is 0 Å². The first kappa shape index (κ1) is 9.07. The Kier molecular flexibility index (Phi) is 2.08. The molecule has 3 rings (SSSR count). The maximum Gasteiger partial charge on any atom is 0.0818 e. The van der Waals surface area contributed by atoms with Crippen LogP contribution in [0, 0.1) is 12.3 Å². The number of nitrogens with zero attached hydrogens (tertiary/aromatic N) is 1. The van der Waals surface area contributed by atoms with Crippen LogP contribution in [0.15, 0.2) is 29.8 Å². The molecule has 0 unspecified atom stereocenters. The molecule has 0 saturated carbocycles. The average molecular weight is 230 g/mol. The van der Waals surface area contributed by atoms with Crippen molar-refractivity contribution in [3.63, 3.8) is 0 Å².